The Hall–Kier alpha value is -7.39. The van der Waals surface area contributed by atoms with Crippen molar-refractivity contribution in [1.29, 1.82) is 15.8 Å². The highest BCUT2D eigenvalue weighted by molar-refractivity contribution is 6.12. The summed E-state index contributed by atoms with van der Waals surface area (Å²) in [5.74, 6) is 0. The lowest BCUT2D eigenvalue weighted by atomic mass is 9.96. The molecule has 9 aromatic rings. The van der Waals surface area contributed by atoms with Crippen molar-refractivity contribution in [3.63, 3.8) is 0 Å². The summed E-state index contributed by atoms with van der Waals surface area (Å²) in [6.07, 6.45) is 0. The number of fused-ring (bicyclic) bond motifs is 6. The zero-order chi connectivity index (χ0) is 33.8. The van der Waals surface area contributed by atoms with Gasteiger partial charge in [0.1, 0.15) is 6.07 Å². The number of para-hydroxylation sites is 3. The summed E-state index contributed by atoms with van der Waals surface area (Å²) in [5, 5.41) is 34.0. The molecule has 5 heteroatoms. The van der Waals surface area contributed by atoms with E-state index in [0.717, 1.165) is 77.2 Å². The minimum absolute atomic E-state index is 0.560. The van der Waals surface area contributed by atoms with Crippen molar-refractivity contribution < 1.29 is 0 Å². The van der Waals surface area contributed by atoms with Crippen LogP contribution in [0.3, 0.4) is 0 Å². The second-order valence-electron chi connectivity index (χ2n) is 12.3. The third kappa shape index (κ3) is 4.31. The Bertz CT molecular complexity index is 2970. The summed E-state index contributed by atoms with van der Waals surface area (Å²) < 4.78 is 4.39. The quantitative estimate of drug-likeness (QED) is 0.193. The van der Waals surface area contributed by atoms with Gasteiger partial charge in [-0.3, -0.25) is 0 Å². The maximum atomic E-state index is 10.4. The van der Waals surface area contributed by atoms with Crippen molar-refractivity contribution in [3.05, 3.63) is 168 Å². The number of aromatic nitrogens is 2. The van der Waals surface area contributed by atoms with Gasteiger partial charge in [0.15, 0.2) is 0 Å². The molecule has 0 radical (unpaired) electrons. The van der Waals surface area contributed by atoms with E-state index in [9.17, 15) is 15.8 Å². The molecule has 2 aromatic heterocycles. The maximum absolute atomic E-state index is 10.4. The third-order valence-corrected chi connectivity index (χ3v) is 9.61. The van der Waals surface area contributed by atoms with Crippen molar-refractivity contribution in [1.82, 2.24) is 9.13 Å². The van der Waals surface area contributed by atoms with Crippen LogP contribution >= 0.6 is 0 Å². The van der Waals surface area contributed by atoms with Crippen molar-refractivity contribution in [3.8, 4) is 51.8 Å². The van der Waals surface area contributed by atoms with Gasteiger partial charge in [0.05, 0.1) is 56.6 Å². The van der Waals surface area contributed by atoms with E-state index in [1.54, 1.807) is 0 Å². The van der Waals surface area contributed by atoms with Gasteiger partial charge in [-0.1, -0.05) is 84.9 Å². The first-order valence-electron chi connectivity index (χ1n) is 16.3. The van der Waals surface area contributed by atoms with Crippen molar-refractivity contribution >= 4 is 43.6 Å². The van der Waals surface area contributed by atoms with Crippen molar-refractivity contribution in [2.45, 2.75) is 0 Å². The van der Waals surface area contributed by atoms with Gasteiger partial charge in [0.25, 0.3) is 0 Å². The molecule has 5 nitrogen and oxygen atoms in total. The molecule has 0 aliphatic carbocycles. The van der Waals surface area contributed by atoms with Gasteiger partial charge >= 0.3 is 0 Å². The van der Waals surface area contributed by atoms with Crippen LogP contribution in [0, 0.1) is 34.0 Å². The molecular weight excluding hydrogens is 611 g/mol. The molecule has 0 saturated carbocycles. The van der Waals surface area contributed by atoms with E-state index in [-0.39, 0.29) is 0 Å². The largest absolute Gasteiger partial charge is 0.309 e. The standard InChI is InChI=1S/C45H25N5/c46-26-29-21-22-42-39(23-29)37-15-1-3-18-40(37)50(42)45-34(28-48)13-7-17-36(45)32-11-5-9-30(24-32)31-10-6-14-35(25-31)49-41-19-4-2-16-38(41)44-33(27-47)12-8-20-43(44)49/h1-25H. The van der Waals surface area contributed by atoms with Crippen LogP contribution in [0.2, 0.25) is 0 Å². The minimum Gasteiger partial charge on any atom is -0.309 e. The van der Waals surface area contributed by atoms with E-state index in [2.05, 4.69) is 112 Å². The number of hydrogen-bond acceptors (Lipinski definition) is 3. The van der Waals surface area contributed by atoms with Gasteiger partial charge in [-0.25, -0.2) is 0 Å². The number of nitriles is 3. The zero-order valence-corrected chi connectivity index (χ0v) is 26.7. The average molecular weight is 636 g/mol. The molecule has 7 aromatic carbocycles. The molecule has 0 unspecified atom stereocenters. The van der Waals surface area contributed by atoms with Gasteiger partial charge in [-0.2, -0.15) is 15.8 Å². The highest BCUT2D eigenvalue weighted by Crippen LogP contribution is 2.40. The van der Waals surface area contributed by atoms with Crippen LogP contribution in [-0.2, 0) is 0 Å². The molecular formula is C45H25N5. The SMILES string of the molecule is N#Cc1ccc2c(c1)c1ccccc1n2-c1c(C#N)cccc1-c1cccc(-c2cccc(-n3c4ccccc4c4c(C#N)cccc43)c2)c1. The Balaban J connectivity index is 1.23. The molecule has 0 bridgehead atoms. The summed E-state index contributed by atoms with van der Waals surface area (Å²) in [5.41, 5.74) is 11.5. The maximum Gasteiger partial charge on any atom is 0.101 e. The number of benzene rings is 7. The summed E-state index contributed by atoms with van der Waals surface area (Å²) in [6.45, 7) is 0. The Kier molecular flexibility index (Phi) is 6.56. The minimum atomic E-state index is 0.560. The van der Waals surface area contributed by atoms with Gasteiger partial charge < -0.3 is 9.13 Å². The van der Waals surface area contributed by atoms with E-state index in [4.69, 9.17) is 0 Å². The smallest absolute Gasteiger partial charge is 0.101 e. The van der Waals surface area contributed by atoms with E-state index >= 15 is 0 Å². The van der Waals surface area contributed by atoms with Crippen LogP contribution in [0.1, 0.15) is 16.7 Å². The monoisotopic (exact) mass is 635 g/mol. The highest BCUT2D eigenvalue weighted by atomic mass is 15.0. The normalized spacial score (nSPS) is 11.1. The number of rotatable bonds is 4. The third-order valence-electron chi connectivity index (χ3n) is 9.61. The second kappa shape index (κ2) is 11.4. The first kappa shape index (κ1) is 28.8. The number of nitrogens with zero attached hydrogens (tertiary/aromatic N) is 5. The van der Waals surface area contributed by atoms with E-state index in [1.807, 2.05) is 66.7 Å². The summed E-state index contributed by atoms with van der Waals surface area (Å²) in [6, 6.07) is 57.9. The molecule has 230 valence electrons. The van der Waals surface area contributed by atoms with Crippen LogP contribution in [0.25, 0.3) is 77.2 Å². The van der Waals surface area contributed by atoms with E-state index < -0.39 is 0 Å². The second-order valence-corrected chi connectivity index (χ2v) is 12.3. The molecule has 0 N–H and O–H groups in total. The Morgan fingerprint density at radius 3 is 1.82 bits per heavy atom. The molecule has 0 atom stereocenters. The molecule has 50 heavy (non-hydrogen) atoms. The lowest BCUT2D eigenvalue weighted by Crippen LogP contribution is -2.01. The predicted octanol–water partition coefficient (Wildman–Crippen LogP) is 10.8. The first-order valence-corrected chi connectivity index (χ1v) is 16.3. The molecule has 0 aliphatic rings. The fraction of sp³-hybridized carbons (Fsp3) is 0. The zero-order valence-electron chi connectivity index (χ0n) is 26.7. The van der Waals surface area contributed by atoms with Crippen LogP contribution in [0.4, 0.5) is 0 Å². The Morgan fingerprint density at radius 2 is 1.02 bits per heavy atom. The molecule has 0 spiro atoms. The van der Waals surface area contributed by atoms with Crippen LogP contribution in [-0.4, -0.2) is 9.13 Å². The topological polar surface area (TPSA) is 81.2 Å². The number of hydrogen-bond donors (Lipinski definition) is 0. The van der Waals surface area contributed by atoms with E-state index in [1.165, 1.54) is 0 Å². The molecule has 0 aliphatic heterocycles. The van der Waals surface area contributed by atoms with Gasteiger partial charge in [-0.15, -0.1) is 0 Å². The molecule has 0 saturated heterocycles. The van der Waals surface area contributed by atoms with Crippen LogP contribution in [0.5, 0.6) is 0 Å². The highest BCUT2D eigenvalue weighted by Gasteiger charge is 2.20. The fourth-order valence-electron chi connectivity index (χ4n) is 7.47. The van der Waals surface area contributed by atoms with Crippen LogP contribution < -0.4 is 0 Å². The Labute approximate surface area is 287 Å². The van der Waals surface area contributed by atoms with Gasteiger partial charge in [-0.05, 0) is 83.4 Å². The lowest BCUT2D eigenvalue weighted by molar-refractivity contribution is 1.17. The summed E-state index contributed by atoms with van der Waals surface area (Å²) >= 11 is 0. The average Bonchev–Trinajstić information content (AvgIpc) is 3.70. The molecule has 0 fully saturated rings. The molecule has 2 heterocycles. The van der Waals surface area contributed by atoms with Crippen molar-refractivity contribution in [2.24, 2.45) is 0 Å². The molecule has 0 amide bonds. The van der Waals surface area contributed by atoms with Crippen molar-refractivity contribution in [2.75, 3.05) is 0 Å². The lowest BCUT2D eigenvalue weighted by Gasteiger charge is -2.17. The Morgan fingerprint density at radius 1 is 0.400 bits per heavy atom. The van der Waals surface area contributed by atoms with E-state index in [0.29, 0.717) is 16.7 Å². The fourth-order valence-corrected chi connectivity index (χ4v) is 7.47. The first-order chi connectivity index (χ1) is 24.7. The molecule has 9 rings (SSSR count). The van der Waals surface area contributed by atoms with Gasteiger partial charge in [0.2, 0.25) is 0 Å². The predicted molar refractivity (Wildman–Crippen MR) is 200 cm³/mol. The van der Waals surface area contributed by atoms with Gasteiger partial charge in [0, 0.05) is 32.8 Å². The summed E-state index contributed by atoms with van der Waals surface area (Å²) in [4.78, 5) is 0. The van der Waals surface area contributed by atoms with Crippen LogP contribution in [0.15, 0.2) is 152 Å². The summed E-state index contributed by atoms with van der Waals surface area (Å²) in [7, 11) is 0.